The summed E-state index contributed by atoms with van der Waals surface area (Å²) in [7, 11) is 0. The van der Waals surface area contributed by atoms with Crippen LogP contribution in [0.4, 0.5) is 0 Å². The molecule has 0 saturated carbocycles. The van der Waals surface area contributed by atoms with Crippen LogP contribution in [-0.4, -0.2) is 19.2 Å². The number of nitrogens with one attached hydrogen (secondary N) is 2. The topological polar surface area (TPSA) is 59.6 Å². The molecule has 22 heavy (non-hydrogen) atoms. The van der Waals surface area contributed by atoms with Crippen LogP contribution in [0.1, 0.15) is 27.5 Å². The molecule has 4 rings (SSSR count). The summed E-state index contributed by atoms with van der Waals surface area (Å²) in [5.74, 6) is 1.19. The second-order valence-corrected chi connectivity index (χ2v) is 5.42. The molecule has 2 aromatic rings. The minimum absolute atomic E-state index is 0.0251. The van der Waals surface area contributed by atoms with Gasteiger partial charge in [-0.05, 0) is 29.3 Å². The van der Waals surface area contributed by atoms with Crippen molar-refractivity contribution < 1.29 is 14.3 Å². The molecule has 2 aliphatic rings. The lowest BCUT2D eigenvalue weighted by molar-refractivity contribution is 0.0934. The SMILES string of the molecule is O=C(NC1CNCc2ccccc21)c1ccc2c(c1)OCO2. The van der Waals surface area contributed by atoms with E-state index in [2.05, 4.69) is 22.8 Å². The van der Waals surface area contributed by atoms with Crippen molar-refractivity contribution in [2.75, 3.05) is 13.3 Å². The van der Waals surface area contributed by atoms with Gasteiger partial charge in [0.2, 0.25) is 6.79 Å². The van der Waals surface area contributed by atoms with Gasteiger partial charge in [0.05, 0.1) is 6.04 Å². The van der Waals surface area contributed by atoms with Crippen LogP contribution in [0, 0.1) is 0 Å². The maximum atomic E-state index is 12.5. The summed E-state index contributed by atoms with van der Waals surface area (Å²) in [5.41, 5.74) is 2.98. The molecule has 1 amide bonds. The summed E-state index contributed by atoms with van der Waals surface area (Å²) < 4.78 is 10.6. The van der Waals surface area contributed by atoms with Crippen molar-refractivity contribution in [1.82, 2.24) is 10.6 Å². The van der Waals surface area contributed by atoms with Crippen molar-refractivity contribution in [3.63, 3.8) is 0 Å². The molecule has 1 unspecified atom stereocenters. The fraction of sp³-hybridized carbons (Fsp3) is 0.235. The summed E-state index contributed by atoms with van der Waals surface area (Å²) in [6.45, 7) is 1.78. The lowest BCUT2D eigenvalue weighted by Gasteiger charge is -2.27. The van der Waals surface area contributed by atoms with Gasteiger partial charge in [0.15, 0.2) is 11.5 Å². The highest BCUT2D eigenvalue weighted by molar-refractivity contribution is 5.95. The second kappa shape index (κ2) is 5.35. The van der Waals surface area contributed by atoms with Crippen molar-refractivity contribution in [2.45, 2.75) is 12.6 Å². The molecule has 112 valence electrons. The molecule has 0 saturated heterocycles. The zero-order valence-electron chi connectivity index (χ0n) is 12.0. The zero-order valence-corrected chi connectivity index (χ0v) is 12.0. The first-order valence-corrected chi connectivity index (χ1v) is 7.30. The van der Waals surface area contributed by atoms with Gasteiger partial charge in [0.25, 0.3) is 5.91 Å². The number of hydrogen-bond donors (Lipinski definition) is 2. The highest BCUT2D eigenvalue weighted by atomic mass is 16.7. The molecule has 2 aliphatic heterocycles. The lowest BCUT2D eigenvalue weighted by atomic mass is 9.96. The van der Waals surface area contributed by atoms with E-state index < -0.39 is 0 Å². The summed E-state index contributed by atoms with van der Waals surface area (Å²) in [6, 6.07) is 13.4. The van der Waals surface area contributed by atoms with E-state index in [4.69, 9.17) is 9.47 Å². The number of hydrogen-bond acceptors (Lipinski definition) is 4. The third-order valence-electron chi connectivity index (χ3n) is 4.03. The Hall–Kier alpha value is -2.53. The van der Waals surface area contributed by atoms with Gasteiger partial charge in [-0.15, -0.1) is 0 Å². The number of carbonyl (C=O) groups excluding carboxylic acids is 1. The molecular weight excluding hydrogens is 280 g/mol. The molecule has 0 aliphatic carbocycles. The predicted molar refractivity (Wildman–Crippen MR) is 80.9 cm³/mol. The Morgan fingerprint density at radius 2 is 2.00 bits per heavy atom. The number of benzene rings is 2. The van der Waals surface area contributed by atoms with Crippen LogP contribution in [0.15, 0.2) is 42.5 Å². The van der Waals surface area contributed by atoms with E-state index in [0.717, 1.165) is 13.1 Å². The van der Waals surface area contributed by atoms with Crippen molar-refractivity contribution in [3.8, 4) is 11.5 Å². The Labute approximate surface area is 128 Å². The maximum absolute atomic E-state index is 12.5. The minimum atomic E-state index is -0.109. The summed E-state index contributed by atoms with van der Waals surface area (Å²) in [6.07, 6.45) is 0. The van der Waals surface area contributed by atoms with Crippen LogP contribution in [0.2, 0.25) is 0 Å². The average molecular weight is 296 g/mol. The van der Waals surface area contributed by atoms with Crippen molar-refractivity contribution in [3.05, 3.63) is 59.2 Å². The van der Waals surface area contributed by atoms with Gasteiger partial charge in [-0.2, -0.15) is 0 Å². The number of amides is 1. The van der Waals surface area contributed by atoms with Gasteiger partial charge in [0.1, 0.15) is 0 Å². The molecule has 5 nitrogen and oxygen atoms in total. The molecular formula is C17H16N2O3. The highest BCUT2D eigenvalue weighted by Gasteiger charge is 2.23. The van der Waals surface area contributed by atoms with Crippen molar-refractivity contribution in [1.29, 1.82) is 0 Å². The van der Waals surface area contributed by atoms with E-state index in [0.29, 0.717) is 17.1 Å². The highest BCUT2D eigenvalue weighted by Crippen LogP contribution is 2.32. The van der Waals surface area contributed by atoms with E-state index in [9.17, 15) is 4.79 Å². The normalized spacial score (nSPS) is 18.6. The Bertz CT molecular complexity index is 730. The van der Waals surface area contributed by atoms with E-state index in [1.165, 1.54) is 11.1 Å². The van der Waals surface area contributed by atoms with Gasteiger partial charge < -0.3 is 20.1 Å². The largest absolute Gasteiger partial charge is 0.454 e. The molecule has 1 atom stereocenters. The van der Waals surface area contributed by atoms with Gasteiger partial charge in [-0.1, -0.05) is 24.3 Å². The quantitative estimate of drug-likeness (QED) is 0.890. The van der Waals surface area contributed by atoms with E-state index in [1.54, 1.807) is 18.2 Å². The third kappa shape index (κ3) is 2.29. The zero-order chi connectivity index (χ0) is 14.9. The monoisotopic (exact) mass is 296 g/mol. The number of rotatable bonds is 2. The molecule has 2 N–H and O–H groups in total. The summed E-state index contributed by atoms with van der Waals surface area (Å²) in [4.78, 5) is 12.5. The predicted octanol–water partition coefficient (Wildman–Crippen LogP) is 1.99. The molecule has 0 spiro atoms. The first-order chi connectivity index (χ1) is 10.8. The molecule has 2 aromatic carbocycles. The van der Waals surface area contributed by atoms with Gasteiger partial charge >= 0.3 is 0 Å². The number of ether oxygens (including phenoxy) is 2. The van der Waals surface area contributed by atoms with E-state index in [-0.39, 0.29) is 18.7 Å². The Balaban J connectivity index is 1.55. The first-order valence-electron chi connectivity index (χ1n) is 7.30. The van der Waals surface area contributed by atoms with Crippen LogP contribution < -0.4 is 20.1 Å². The number of carbonyl (C=O) groups is 1. The van der Waals surface area contributed by atoms with Gasteiger partial charge in [0, 0.05) is 18.7 Å². The Morgan fingerprint density at radius 3 is 2.95 bits per heavy atom. The van der Waals surface area contributed by atoms with Crippen molar-refractivity contribution in [2.24, 2.45) is 0 Å². The van der Waals surface area contributed by atoms with Crippen molar-refractivity contribution >= 4 is 5.91 Å². The van der Waals surface area contributed by atoms with Crippen LogP contribution >= 0.6 is 0 Å². The van der Waals surface area contributed by atoms with Crippen LogP contribution in [0.25, 0.3) is 0 Å². The Morgan fingerprint density at radius 1 is 1.14 bits per heavy atom. The molecule has 2 heterocycles. The van der Waals surface area contributed by atoms with Crippen LogP contribution in [-0.2, 0) is 6.54 Å². The fourth-order valence-corrected chi connectivity index (χ4v) is 2.90. The Kier molecular flexibility index (Phi) is 3.20. The molecule has 5 heteroatoms. The second-order valence-electron chi connectivity index (χ2n) is 5.42. The third-order valence-corrected chi connectivity index (χ3v) is 4.03. The van der Waals surface area contributed by atoms with E-state index >= 15 is 0 Å². The molecule has 0 fully saturated rings. The smallest absolute Gasteiger partial charge is 0.251 e. The lowest BCUT2D eigenvalue weighted by Crippen LogP contribution is -2.39. The summed E-state index contributed by atoms with van der Waals surface area (Å²) in [5, 5.41) is 6.41. The van der Waals surface area contributed by atoms with E-state index in [1.807, 2.05) is 12.1 Å². The van der Waals surface area contributed by atoms with Crippen LogP contribution in [0.3, 0.4) is 0 Å². The molecule has 0 aromatic heterocycles. The average Bonchev–Trinajstić information content (AvgIpc) is 3.02. The fourth-order valence-electron chi connectivity index (χ4n) is 2.90. The standard InChI is InChI=1S/C17H16N2O3/c20-17(11-5-6-15-16(7-11)22-10-21-15)19-14-9-18-8-12-3-1-2-4-13(12)14/h1-7,14,18H,8-10H2,(H,19,20). The number of fused-ring (bicyclic) bond motifs is 2. The van der Waals surface area contributed by atoms with Crippen LogP contribution in [0.5, 0.6) is 11.5 Å². The minimum Gasteiger partial charge on any atom is -0.454 e. The van der Waals surface area contributed by atoms with Gasteiger partial charge in [-0.3, -0.25) is 4.79 Å². The summed E-state index contributed by atoms with van der Waals surface area (Å²) >= 11 is 0. The molecule has 0 bridgehead atoms. The molecule has 0 radical (unpaired) electrons. The first kappa shape index (κ1) is 13.2. The van der Waals surface area contributed by atoms with Gasteiger partial charge in [-0.25, -0.2) is 0 Å². The maximum Gasteiger partial charge on any atom is 0.251 e.